The fraction of sp³-hybridized carbons (Fsp3) is 0.500. The van der Waals surface area contributed by atoms with Crippen molar-refractivity contribution in [2.45, 2.75) is 39.7 Å². The molecule has 7 nitrogen and oxygen atoms in total. The SMILES string of the molecule is CCOc1cncc(-c2ccc(NC(=O)C3CCN(C(C)C)CC3)nc2)n1. The Bertz CT molecular complexity index is 755. The fourth-order valence-corrected chi connectivity index (χ4v) is 3.23. The molecule has 0 aliphatic carbocycles. The molecule has 27 heavy (non-hydrogen) atoms. The molecule has 2 aromatic rings. The number of nitrogens with one attached hydrogen (secondary N) is 1. The molecule has 1 aliphatic heterocycles. The second-order valence-electron chi connectivity index (χ2n) is 7.00. The third-order valence-corrected chi connectivity index (χ3v) is 4.85. The molecule has 1 amide bonds. The highest BCUT2D eigenvalue weighted by Gasteiger charge is 2.26. The van der Waals surface area contributed by atoms with Crippen molar-refractivity contribution < 1.29 is 9.53 Å². The van der Waals surface area contributed by atoms with Crippen LogP contribution in [-0.4, -0.2) is 51.5 Å². The quantitative estimate of drug-likeness (QED) is 0.843. The zero-order valence-electron chi connectivity index (χ0n) is 16.2. The highest BCUT2D eigenvalue weighted by atomic mass is 16.5. The number of piperidine rings is 1. The average Bonchev–Trinajstić information content (AvgIpc) is 2.69. The van der Waals surface area contributed by atoms with Crippen molar-refractivity contribution in [3.63, 3.8) is 0 Å². The van der Waals surface area contributed by atoms with Gasteiger partial charge < -0.3 is 15.0 Å². The monoisotopic (exact) mass is 369 g/mol. The number of aromatic nitrogens is 3. The minimum absolute atomic E-state index is 0.0511. The predicted octanol–water partition coefficient (Wildman–Crippen LogP) is 3.00. The summed E-state index contributed by atoms with van der Waals surface area (Å²) in [6.45, 7) is 8.77. The molecule has 7 heteroatoms. The largest absolute Gasteiger partial charge is 0.477 e. The number of carbonyl (C=O) groups excluding carboxylic acids is 1. The molecular formula is C20H27N5O2. The van der Waals surface area contributed by atoms with E-state index in [1.807, 2.05) is 13.0 Å². The van der Waals surface area contributed by atoms with E-state index in [1.165, 1.54) is 0 Å². The molecule has 1 saturated heterocycles. The van der Waals surface area contributed by atoms with Crippen molar-refractivity contribution in [1.29, 1.82) is 0 Å². The molecule has 0 atom stereocenters. The van der Waals surface area contributed by atoms with E-state index in [0.29, 0.717) is 30.0 Å². The van der Waals surface area contributed by atoms with Gasteiger partial charge in [-0.15, -0.1) is 0 Å². The maximum atomic E-state index is 12.5. The first-order valence-corrected chi connectivity index (χ1v) is 9.53. The van der Waals surface area contributed by atoms with E-state index < -0.39 is 0 Å². The van der Waals surface area contributed by atoms with Crippen LogP contribution in [0.4, 0.5) is 5.82 Å². The van der Waals surface area contributed by atoms with Gasteiger partial charge in [-0.2, -0.15) is 0 Å². The van der Waals surface area contributed by atoms with Crippen LogP contribution in [0.5, 0.6) is 5.88 Å². The first-order valence-electron chi connectivity index (χ1n) is 9.53. The number of hydrogen-bond acceptors (Lipinski definition) is 6. The number of nitrogens with zero attached hydrogens (tertiary/aromatic N) is 4. The smallest absolute Gasteiger partial charge is 0.232 e. The van der Waals surface area contributed by atoms with E-state index in [4.69, 9.17) is 4.74 Å². The van der Waals surface area contributed by atoms with Crippen molar-refractivity contribution in [2.24, 2.45) is 5.92 Å². The van der Waals surface area contributed by atoms with E-state index in [0.717, 1.165) is 31.5 Å². The molecular weight excluding hydrogens is 342 g/mol. The lowest BCUT2D eigenvalue weighted by atomic mass is 9.95. The lowest BCUT2D eigenvalue weighted by molar-refractivity contribution is -0.121. The molecule has 1 fully saturated rings. The maximum Gasteiger partial charge on any atom is 0.232 e. The fourth-order valence-electron chi connectivity index (χ4n) is 3.23. The van der Waals surface area contributed by atoms with Crippen LogP contribution >= 0.6 is 0 Å². The first-order chi connectivity index (χ1) is 13.1. The van der Waals surface area contributed by atoms with Crippen LogP contribution in [-0.2, 0) is 4.79 Å². The normalized spacial score (nSPS) is 15.7. The van der Waals surface area contributed by atoms with Crippen molar-refractivity contribution in [1.82, 2.24) is 19.9 Å². The Kier molecular flexibility index (Phi) is 6.34. The average molecular weight is 369 g/mol. The number of anilines is 1. The Morgan fingerprint density at radius 1 is 1.26 bits per heavy atom. The molecule has 1 aliphatic rings. The van der Waals surface area contributed by atoms with Gasteiger partial charge >= 0.3 is 0 Å². The molecule has 0 radical (unpaired) electrons. The van der Waals surface area contributed by atoms with E-state index in [1.54, 1.807) is 24.7 Å². The Labute approximate surface area is 160 Å². The van der Waals surface area contributed by atoms with Gasteiger partial charge in [0.1, 0.15) is 5.82 Å². The van der Waals surface area contributed by atoms with Crippen molar-refractivity contribution in [2.75, 3.05) is 25.0 Å². The van der Waals surface area contributed by atoms with Crippen molar-refractivity contribution in [3.8, 4) is 17.1 Å². The standard InChI is InChI=1S/C20H27N5O2/c1-4-27-19-13-21-12-17(23-19)16-5-6-18(22-11-16)24-20(26)15-7-9-25(10-8-15)14(2)3/h5-6,11-15H,4,7-10H2,1-3H3,(H,22,24,26). The minimum atomic E-state index is 0.0511. The number of pyridine rings is 1. The first kappa shape index (κ1) is 19.2. The topological polar surface area (TPSA) is 80.2 Å². The molecule has 0 aromatic carbocycles. The van der Waals surface area contributed by atoms with Crippen LogP contribution in [0.25, 0.3) is 11.3 Å². The summed E-state index contributed by atoms with van der Waals surface area (Å²) in [5.41, 5.74) is 1.51. The van der Waals surface area contributed by atoms with Gasteiger partial charge in [0.05, 0.1) is 24.7 Å². The zero-order valence-corrected chi connectivity index (χ0v) is 16.2. The Morgan fingerprint density at radius 3 is 2.67 bits per heavy atom. The van der Waals surface area contributed by atoms with Gasteiger partial charge in [0, 0.05) is 23.7 Å². The van der Waals surface area contributed by atoms with Gasteiger partial charge in [-0.25, -0.2) is 9.97 Å². The number of rotatable bonds is 6. The summed E-state index contributed by atoms with van der Waals surface area (Å²) in [7, 11) is 0. The molecule has 3 heterocycles. The molecule has 2 aromatic heterocycles. The van der Waals surface area contributed by atoms with Crippen LogP contribution in [0.1, 0.15) is 33.6 Å². The van der Waals surface area contributed by atoms with Gasteiger partial charge in [-0.05, 0) is 58.8 Å². The summed E-state index contributed by atoms with van der Waals surface area (Å²) in [6, 6.07) is 4.21. The van der Waals surface area contributed by atoms with Crippen molar-refractivity contribution in [3.05, 3.63) is 30.7 Å². The zero-order chi connectivity index (χ0) is 19.2. The molecule has 0 spiro atoms. The highest BCUT2D eigenvalue weighted by molar-refractivity contribution is 5.91. The van der Waals surface area contributed by atoms with E-state index in [9.17, 15) is 4.79 Å². The molecule has 0 saturated carbocycles. The van der Waals surface area contributed by atoms with Gasteiger partial charge in [0.15, 0.2) is 0 Å². The van der Waals surface area contributed by atoms with Crippen LogP contribution in [0, 0.1) is 5.92 Å². The third kappa shape index (κ3) is 5.01. The molecule has 0 bridgehead atoms. The summed E-state index contributed by atoms with van der Waals surface area (Å²) in [5.74, 6) is 1.15. The Hall–Kier alpha value is -2.54. The number of hydrogen-bond donors (Lipinski definition) is 1. The van der Waals surface area contributed by atoms with Crippen LogP contribution < -0.4 is 10.1 Å². The van der Waals surface area contributed by atoms with E-state index in [2.05, 4.69) is 39.0 Å². The second-order valence-corrected chi connectivity index (χ2v) is 7.00. The summed E-state index contributed by atoms with van der Waals surface area (Å²) < 4.78 is 5.38. The van der Waals surface area contributed by atoms with E-state index >= 15 is 0 Å². The predicted molar refractivity (Wildman–Crippen MR) is 104 cm³/mol. The van der Waals surface area contributed by atoms with Gasteiger partial charge in [0.25, 0.3) is 0 Å². The van der Waals surface area contributed by atoms with Crippen LogP contribution in [0.15, 0.2) is 30.7 Å². The maximum absolute atomic E-state index is 12.5. The molecule has 3 rings (SSSR count). The summed E-state index contributed by atoms with van der Waals surface area (Å²) in [5, 5.41) is 2.94. The third-order valence-electron chi connectivity index (χ3n) is 4.85. The summed E-state index contributed by atoms with van der Waals surface area (Å²) in [4.78, 5) is 27.8. The highest BCUT2D eigenvalue weighted by Crippen LogP contribution is 2.22. The molecule has 1 N–H and O–H groups in total. The van der Waals surface area contributed by atoms with Crippen molar-refractivity contribution >= 4 is 11.7 Å². The van der Waals surface area contributed by atoms with Gasteiger partial charge in [0.2, 0.25) is 11.8 Å². The number of carbonyl (C=O) groups is 1. The minimum Gasteiger partial charge on any atom is -0.477 e. The number of likely N-dealkylation sites (tertiary alicyclic amines) is 1. The van der Waals surface area contributed by atoms with E-state index in [-0.39, 0.29) is 11.8 Å². The number of amides is 1. The second kappa shape index (κ2) is 8.90. The summed E-state index contributed by atoms with van der Waals surface area (Å²) >= 11 is 0. The molecule has 0 unspecified atom stereocenters. The molecule has 144 valence electrons. The lowest BCUT2D eigenvalue weighted by Gasteiger charge is -2.33. The number of ether oxygens (including phenoxy) is 1. The van der Waals surface area contributed by atoms with Crippen LogP contribution in [0.3, 0.4) is 0 Å². The Morgan fingerprint density at radius 2 is 2.04 bits per heavy atom. The van der Waals surface area contributed by atoms with Crippen LogP contribution in [0.2, 0.25) is 0 Å². The summed E-state index contributed by atoms with van der Waals surface area (Å²) in [6.07, 6.45) is 6.72. The van der Waals surface area contributed by atoms with Gasteiger partial charge in [-0.3, -0.25) is 9.78 Å². The van der Waals surface area contributed by atoms with Gasteiger partial charge in [-0.1, -0.05) is 0 Å². The lowest BCUT2D eigenvalue weighted by Crippen LogP contribution is -2.41. The Balaban J connectivity index is 1.59.